The van der Waals surface area contributed by atoms with E-state index in [4.69, 9.17) is 0 Å². The number of piperidine rings is 1. The van der Waals surface area contributed by atoms with Crippen molar-refractivity contribution >= 4 is 5.91 Å². The standard InChI is InChI=1S/C12H20N4O/c17-12(11-4-1-5-13-10-11)14-6-2-8-16-9-3-7-15-16/h3,7,9,11,13H,1-2,4-6,8,10H2,(H,14,17). The van der Waals surface area contributed by atoms with Crippen LogP contribution in [0.5, 0.6) is 0 Å². The van der Waals surface area contributed by atoms with Crippen LogP contribution in [0.15, 0.2) is 18.5 Å². The van der Waals surface area contributed by atoms with E-state index < -0.39 is 0 Å². The number of hydrogen-bond acceptors (Lipinski definition) is 3. The van der Waals surface area contributed by atoms with Gasteiger partial charge in [-0.05, 0) is 31.9 Å². The van der Waals surface area contributed by atoms with Gasteiger partial charge in [0.1, 0.15) is 0 Å². The summed E-state index contributed by atoms with van der Waals surface area (Å²) in [5.74, 6) is 0.353. The molecule has 0 aliphatic carbocycles. The van der Waals surface area contributed by atoms with Crippen LogP contribution in [0.1, 0.15) is 19.3 Å². The first-order valence-corrected chi connectivity index (χ1v) is 6.32. The van der Waals surface area contributed by atoms with Gasteiger partial charge in [-0.15, -0.1) is 0 Å². The van der Waals surface area contributed by atoms with E-state index in [0.29, 0.717) is 0 Å². The van der Waals surface area contributed by atoms with Gasteiger partial charge in [0.15, 0.2) is 0 Å². The van der Waals surface area contributed by atoms with Crippen molar-refractivity contribution in [2.75, 3.05) is 19.6 Å². The van der Waals surface area contributed by atoms with Gasteiger partial charge in [-0.3, -0.25) is 9.48 Å². The van der Waals surface area contributed by atoms with Crippen molar-refractivity contribution in [1.82, 2.24) is 20.4 Å². The summed E-state index contributed by atoms with van der Waals surface area (Å²) in [5, 5.41) is 10.4. The van der Waals surface area contributed by atoms with Crippen molar-refractivity contribution in [3.05, 3.63) is 18.5 Å². The van der Waals surface area contributed by atoms with Crippen LogP contribution in [-0.4, -0.2) is 35.3 Å². The van der Waals surface area contributed by atoms with Crippen molar-refractivity contribution in [1.29, 1.82) is 0 Å². The molecular formula is C12H20N4O. The Morgan fingerprint density at radius 2 is 2.53 bits per heavy atom. The Hall–Kier alpha value is -1.36. The maximum Gasteiger partial charge on any atom is 0.224 e. The first-order chi connectivity index (χ1) is 8.36. The number of aryl methyl sites for hydroxylation is 1. The van der Waals surface area contributed by atoms with E-state index in [2.05, 4.69) is 15.7 Å². The zero-order valence-corrected chi connectivity index (χ0v) is 10.1. The van der Waals surface area contributed by atoms with E-state index in [9.17, 15) is 4.79 Å². The molecule has 1 aromatic rings. The largest absolute Gasteiger partial charge is 0.356 e. The second-order valence-corrected chi connectivity index (χ2v) is 4.46. The molecule has 94 valence electrons. The number of nitrogens with one attached hydrogen (secondary N) is 2. The van der Waals surface area contributed by atoms with E-state index in [-0.39, 0.29) is 11.8 Å². The Morgan fingerprint density at radius 1 is 1.59 bits per heavy atom. The maximum absolute atomic E-state index is 11.8. The number of nitrogens with zero attached hydrogens (tertiary/aromatic N) is 2. The number of carbonyl (C=O) groups is 1. The highest BCUT2D eigenvalue weighted by Crippen LogP contribution is 2.09. The number of amides is 1. The van der Waals surface area contributed by atoms with Gasteiger partial charge < -0.3 is 10.6 Å². The SMILES string of the molecule is O=C(NCCCn1cccn1)C1CCCNC1. The molecule has 1 atom stereocenters. The molecule has 0 spiro atoms. The fourth-order valence-electron chi connectivity index (χ4n) is 2.11. The third-order valence-electron chi connectivity index (χ3n) is 3.09. The number of hydrogen-bond donors (Lipinski definition) is 2. The molecular weight excluding hydrogens is 216 g/mol. The fourth-order valence-corrected chi connectivity index (χ4v) is 2.11. The van der Waals surface area contributed by atoms with Gasteiger partial charge in [-0.25, -0.2) is 0 Å². The molecule has 17 heavy (non-hydrogen) atoms. The van der Waals surface area contributed by atoms with Crippen LogP contribution >= 0.6 is 0 Å². The Morgan fingerprint density at radius 3 is 3.24 bits per heavy atom. The molecule has 1 amide bonds. The first-order valence-electron chi connectivity index (χ1n) is 6.32. The van der Waals surface area contributed by atoms with E-state index in [0.717, 1.165) is 45.4 Å². The van der Waals surface area contributed by atoms with E-state index >= 15 is 0 Å². The third kappa shape index (κ3) is 3.85. The summed E-state index contributed by atoms with van der Waals surface area (Å²) in [5.41, 5.74) is 0. The van der Waals surface area contributed by atoms with E-state index in [1.807, 2.05) is 16.9 Å². The fraction of sp³-hybridized carbons (Fsp3) is 0.667. The summed E-state index contributed by atoms with van der Waals surface area (Å²) in [4.78, 5) is 11.8. The molecule has 0 radical (unpaired) electrons. The van der Waals surface area contributed by atoms with Crippen molar-refractivity contribution in [3.8, 4) is 0 Å². The highest BCUT2D eigenvalue weighted by atomic mass is 16.1. The van der Waals surface area contributed by atoms with Crippen molar-refractivity contribution in [2.24, 2.45) is 5.92 Å². The Balaban J connectivity index is 1.59. The molecule has 1 aliphatic heterocycles. The van der Waals surface area contributed by atoms with Gasteiger partial charge in [0.05, 0.1) is 5.92 Å². The average molecular weight is 236 g/mol. The quantitative estimate of drug-likeness (QED) is 0.727. The van der Waals surface area contributed by atoms with Crippen LogP contribution in [0.4, 0.5) is 0 Å². The smallest absolute Gasteiger partial charge is 0.224 e. The number of rotatable bonds is 5. The lowest BCUT2D eigenvalue weighted by Crippen LogP contribution is -2.40. The number of aromatic nitrogens is 2. The zero-order chi connectivity index (χ0) is 11.9. The van der Waals surface area contributed by atoms with Crippen LogP contribution in [-0.2, 0) is 11.3 Å². The lowest BCUT2D eigenvalue weighted by Gasteiger charge is -2.21. The highest BCUT2D eigenvalue weighted by molar-refractivity contribution is 5.78. The molecule has 2 heterocycles. The van der Waals surface area contributed by atoms with Gasteiger partial charge in [-0.2, -0.15) is 5.10 Å². The van der Waals surface area contributed by atoms with Gasteiger partial charge in [-0.1, -0.05) is 0 Å². The second kappa shape index (κ2) is 6.39. The maximum atomic E-state index is 11.8. The van der Waals surface area contributed by atoms with Gasteiger partial charge in [0, 0.05) is 32.0 Å². The Labute approximate surface area is 102 Å². The molecule has 0 saturated carbocycles. The molecule has 5 nitrogen and oxygen atoms in total. The minimum absolute atomic E-state index is 0.161. The summed E-state index contributed by atoms with van der Waals surface area (Å²) >= 11 is 0. The predicted octanol–water partition coefficient (Wildman–Crippen LogP) is 0.389. The van der Waals surface area contributed by atoms with Crippen LogP contribution in [0.25, 0.3) is 0 Å². The molecule has 1 saturated heterocycles. The van der Waals surface area contributed by atoms with Crippen molar-refractivity contribution in [3.63, 3.8) is 0 Å². The Bertz CT molecular complexity index is 330. The minimum atomic E-state index is 0.161. The predicted molar refractivity (Wildman–Crippen MR) is 65.4 cm³/mol. The normalized spacial score (nSPS) is 20.1. The molecule has 2 N–H and O–H groups in total. The molecule has 1 fully saturated rings. The van der Waals surface area contributed by atoms with E-state index in [1.54, 1.807) is 6.20 Å². The van der Waals surface area contributed by atoms with Gasteiger partial charge in [0.2, 0.25) is 5.91 Å². The lowest BCUT2D eigenvalue weighted by atomic mass is 9.99. The molecule has 5 heteroatoms. The molecule has 1 aliphatic rings. The second-order valence-electron chi connectivity index (χ2n) is 4.46. The topological polar surface area (TPSA) is 59.0 Å². The molecule has 0 aromatic carbocycles. The summed E-state index contributed by atoms with van der Waals surface area (Å²) in [6.07, 6.45) is 6.75. The monoisotopic (exact) mass is 236 g/mol. The van der Waals surface area contributed by atoms with Crippen molar-refractivity contribution in [2.45, 2.75) is 25.8 Å². The first kappa shape index (κ1) is 12.1. The lowest BCUT2D eigenvalue weighted by molar-refractivity contribution is -0.125. The molecule has 1 unspecified atom stereocenters. The van der Waals surface area contributed by atoms with Gasteiger partial charge >= 0.3 is 0 Å². The summed E-state index contributed by atoms with van der Waals surface area (Å²) in [6.45, 7) is 3.46. The zero-order valence-electron chi connectivity index (χ0n) is 10.1. The average Bonchev–Trinajstić information content (AvgIpc) is 2.88. The third-order valence-corrected chi connectivity index (χ3v) is 3.09. The van der Waals surface area contributed by atoms with Crippen LogP contribution < -0.4 is 10.6 Å². The summed E-state index contributed by atoms with van der Waals surface area (Å²) in [6, 6.07) is 1.91. The van der Waals surface area contributed by atoms with E-state index in [1.165, 1.54) is 0 Å². The highest BCUT2D eigenvalue weighted by Gasteiger charge is 2.19. The molecule has 2 rings (SSSR count). The summed E-state index contributed by atoms with van der Waals surface area (Å²) in [7, 11) is 0. The minimum Gasteiger partial charge on any atom is -0.356 e. The van der Waals surface area contributed by atoms with Crippen molar-refractivity contribution < 1.29 is 4.79 Å². The van der Waals surface area contributed by atoms with Crippen LogP contribution in [0.2, 0.25) is 0 Å². The number of carbonyl (C=O) groups excluding carboxylic acids is 1. The van der Waals surface area contributed by atoms with Crippen LogP contribution in [0, 0.1) is 5.92 Å². The molecule has 1 aromatic heterocycles. The molecule has 0 bridgehead atoms. The summed E-state index contributed by atoms with van der Waals surface area (Å²) < 4.78 is 1.88. The van der Waals surface area contributed by atoms with Crippen LogP contribution in [0.3, 0.4) is 0 Å². The van der Waals surface area contributed by atoms with Gasteiger partial charge in [0.25, 0.3) is 0 Å². The Kier molecular flexibility index (Phi) is 4.55.